The number of aromatic nitrogens is 1. The van der Waals surface area contributed by atoms with Crippen molar-refractivity contribution in [2.75, 3.05) is 31.1 Å². The molecule has 0 bridgehead atoms. The number of amides is 1. The van der Waals surface area contributed by atoms with E-state index in [0.29, 0.717) is 5.02 Å². The van der Waals surface area contributed by atoms with E-state index in [9.17, 15) is 4.79 Å². The third kappa shape index (κ3) is 3.14. The van der Waals surface area contributed by atoms with Crippen LogP contribution in [0.15, 0.2) is 18.3 Å². The van der Waals surface area contributed by atoms with Crippen LogP contribution < -0.4 is 10.6 Å². The summed E-state index contributed by atoms with van der Waals surface area (Å²) in [6.07, 6.45) is 4.65. The highest BCUT2D eigenvalue weighted by Crippen LogP contribution is 2.26. The van der Waals surface area contributed by atoms with Gasteiger partial charge in [0.2, 0.25) is 5.91 Å². The van der Waals surface area contributed by atoms with Gasteiger partial charge in [0.05, 0.1) is 10.9 Å². The lowest BCUT2D eigenvalue weighted by Gasteiger charge is -2.37. The second kappa shape index (κ2) is 6.20. The van der Waals surface area contributed by atoms with E-state index >= 15 is 0 Å². The highest BCUT2D eigenvalue weighted by Gasteiger charge is 2.34. The Labute approximate surface area is 130 Å². The van der Waals surface area contributed by atoms with Crippen LogP contribution in [0.2, 0.25) is 5.02 Å². The summed E-state index contributed by atoms with van der Waals surface area (Å²) in [5, 5.41) is 0.641. The lowest BCUT2D eigenvalue weighted by atomic mass is 10.0. The largest absolute Gasteiger partial charge is 0.353 e. The van der Waals surface area contributed by atoms with Gasteiger partial charge in [-0.3, -0.25) is 4.79 Å². The number of piperazine rings is 1. The average molecular weight is 309 g/mol. The van der Waals surface area contributed by atoms with Gasteiger partial charge in [0, 0.05) is 38.4 Å². The van der Waals surface area contributed by atoms with Crippen molar-refractivity contribution in [3.8, 4) is 0 Å². The van der Waals surface area contributed by atoms with E-state index in [1.807, 2.05) is 17.0 Å². The van der Waals surface area contributed by atoms with Gasteiger partial charge in [-0.05, 0) is 25.0 Å². The van der Waals surface area contributed by atoms with Crippen molar-refractivity contribution in [2.24, 2.45) is 11.7 Å². The second-order valence-corrected chi connectivity index (χ2v) is 6.28. The molecule has 0 spiro atoms. The zero-order valence-electron chi connectivity index (χ0n) is 12.0. The van der Waals surface area contributed by atoms with Crippen LogP contribution in [-0.4, -0.2) is 48.0 Å². The zero-order chi connectivity index (χ0) is 14.8. The molecule has 5 nitrogen and oxygen atoms in total. The fourth-order valence-corrected chi connectivity index (χ4v) is 3.35. The molecule has 1 saturated carbocycles. The molecule has 1 aromatic heterocycles. The number of nitrogens with zero attached hydrogens (tertiary/aromatic N) is 3. The topological polar surface area (TPSA) is 62.5 Å². The van der Waals surface area contributed by atoms with Crippen molar-refractivity contribution in [2.45, 2.75) is 25.3 Å². The molecule has 0 aromatic carbocycles. The molecular weight excluding hydrogens is 288 g/mol. The lowest BCUT2D eigenvalue weighted by Crippen LogP contribution is -2.52. The summed E-state index contributed by atoms with van der Waals surface area (Å²) in [4.78, 5) is 21.0. The number of nitrogens with two attached hydrogens (primary N) is 1. The summed E-state index contributed by atoms with van der Waals surface area (Å²) in [6, 6.07) is 3.82. The minimum absolute atomic E-state index is 0.0326. The quantitative estimate of drug-likeness (QED) is 0.899. The minimum atomic E-state index is 0.0326. The summed E-state index contributed by atoms with van der Waals surface area (Å²) in [7, 11) is 0. The van der Waals surface area contributed by atoms with E-state index < -0.39 is 0 Å². The van der Waals surface area contributed by atoms with Gasteiger partial charge >= 0.3 is 0 Å². The lowest BCUT2D eigenvalue weighted by molar-refractivity contribution is -0.136. The Morgan fingerprint density at radius 3 is 2.57 bits per heavy atom. The molecule has 2 fully saturated rings. The zero-order valence-corrected chi connectivity index (χ0v) is 12.8. The maximum atomic E-state index is 12.5. The molecular formula is C15H21ClN4O. The highest BCUT2D eigenvalue weighted by atomic mass is 35.5. The first-order valence-corrected chi connectivity index (χ1v) is 7.94. The van der Waals surface area contributed by atoms with Crippen molar-refractivity contribution in [3.63, 3.8) is 0 Å². The number of hydrogen-bond acceptors (Lipinski definition) is 4. The fourth-order valence-electron chi connectivity index (χ4n) is 3.24. The molecule has 21 heavy (non-hydrogen) atoms. The van der Waals surface area contributed by atoms with Crippen molar-refractivity contribution in [1.82, 2.24) is 9.88 Å². The van der Waals surface area contributed by atoms with Crippen LogP contribution >= 0.6 is 11.6 Å². The molecule has 1 aliphatic carbocycles. The van der Waals surface area contributed by atoms with E-state index in [4.69, 9.17) is 17.3 Å². The number of anilines is 1. The summed E-state index contributed by atoms with van der Waals surface area (Å²) >= 11 is 5.86. The molecule has 2 N–H and O–H groups in total. The molecule has 2 aliphatic rings. The number of halogens is 1. The van der Waals surface area contributed by atoms with Gasteiger partial charge < -0.3 is 15.5 Å². The Kier molecular flexibility index (Phi) is 4.31. The van der Waals surface area contributed by atoms with Gasteiger partial charge in [-0.2, -0.15) is 0 Å². The molecule has 0 radical (unpaired) electrons. The van der Waals surface area contributed by atoms with Crippen LogP contribution in [0.4, 0.5) is 5.82 Å². The van der Waals surface area contributed by atoms with Gasteiger partial charge in [0.15, 0.2) is 0 Å². The van der Waals surface area contributed by atoms with Crippen molar-refractivity contribution < 1.29 is 4.79 Å². The molecule has 1 aliphatic heterocycles. The van der Waals surface area contributed by atoms with E-state index in [-0.39, 0.29) is 17.9 Å². The van der Waals surface area contributed by atoms with Crippen LogP contribution in [0.25, 0.3) is 0 Å². The Balaban J connectivity index is 1.57. The summed E-state index contributed by atoms with van der Waals surface area (Å²) < 4.78 is 0. The standard InChI is InChI=1S/C15H21ClN4O/c16-11-4-5-14(18-10-11)19-6-8-20(9-7-19)15(21)12-2-1-3-13(12)17/h4-5,10,12-13H,1-3,6-9,17H2/t12-,13-/m1/s1. The predicted octanol–water partition coefficient (Wildman–Crippen LogP) is 1.51. The maximum Gasteiger partial charge on any atom is 0.227 e. The van der Waals surface area contributed by atoms with E-state index in [0.717, 1.165) is 51.3 Å². The second-order valence-electron chi connectivity index (χ2n) is 5.85. The monoisotopic (exact) mass is 308 g/mol. The molecule has 0 unspecified atom stereocenters. The van der Waals surface area contributed by atoms with Gasteiger partial charge in [-0.1, -0.05) is 18.0 Å². The Hall–Kier alpha value is -1.33. The van der Waals surface area contributed by atoms with Gasteiger partial charge in [0.1, 0.15) is 5.82 Å². The Bertz CT molecular complexity index is 499. The molecule has 1 aromatic rings. The van der Waals surface area contributed by atoms with Gasteiger partial charge in [-0.15, -0.1) is 0 Å². The summed E-state index contributed by atoms with van der Waals surface area (Å²) in [6.45, 7) is 3.10. The van der Waals surface area contributed by atoms with Crippen LogP contribution in [0.1, 0.15) is 19.3 Å². The molecule has 2 heterocycles. The summed E-state index contributed by atoms with van der Waals surface area (Å²) in [5.41, 5.74) is 6.04. The van der Waals surface area contributed by atoms with Crippen molar-refractivity contribution in [1.29, 1.82) is 0 Å². The van der Waals surface area contributed by atoms with Gasteiger partial charge in [0.25, 0.3) is 0 Å². The van der Waals surface area contributed by atoms with Crippen LogP contribution in [-0.2, 0) is 4.79 Å². The smallest absolute Gasteiger partial charge is 0.227 e. The number of carbonyl (C=O) groups excluding carboxylic acids is 1. The highest BCUT2D eigenvalue weighted by molar-refractivity contribution is 6.30. The molecule has 6 heteroatoms. The third-order valence-corrected chi connectivity index (χ3v) is 4.74. The molecule has 114 valence electrons. The Morgan fingerprint density at radius 1 is 1.24 bits per heavy atom. The van der Waals surface area contributed by atoms with E-state index in [2.05, 4.69) is 9.88 Å². The van der Waals surface area contributed by atoms with Gasteiger partial charge in [-0.25, -0.2) is 4.98 Å². The SMILES string of the molecule is N[C@@H]1CCC[C@H]1C(=O)N1CCN(c2ccc(Cl)cn2)CC1. The predicted molar refractivity (Wildman–Crippen MR) is 83.4 cm³/mol. The first-order valence-electron chi connectivity index (χ1n) is 7.56. The third-order valence-electron chi connectivity index (χ3n) is 4.51. The number of pyridine rings is 1. The molecule has 3 rings (SSSR count). The summed E-state index contributed by atoms with van der Waals surface area (Å²) in [5.74, 6) is 1.19. The number of hydrogen-bond donors (Lipinski definition) is 1. The van der Waals surface area contributed by atoms with E-state index in [1.165, 1.54) is 0 Å². The molecule has 1 saturated heterocycles. The average Bonchev–Trinajstić information content (AvgIpc) is 2.94. The van der Waals surface area contributed by atoms with Crippen molar-refractivity contribution >= 4 is 23.3 Å². The number of carbonyl (C=O) groups is 1. The minimum Gasteiger partial charge on any atom is -0.353 e. The van der Waals surface area contributed by atoms with Crippen LogP contribution in [0.5, 0.6) is 0 Å². The maximum absolute atomic E-state index is 12.5. The van der Waals surface area contributed by atoms with E-state index in [1.54, 1.807) is 6.20 Å². The normalized spacial score (nSPS) is 26.2. The molecule has 2 atom stereocenters. The van der Waals surface area contributed by atoms with Crippen LogP contribution in [0.3, 0.4) is 0 Å². The fraction of sp³-hybridized carbons (Fsp3) is 0.600. The molecule has 1 amide bonds. The van der Waals surface area contributed by atoms with Crippen LogP contribution in [0, 0.1) is 5.92 Å². The van der Waals surface area contributed by atoms with Crippen molar-refractivity contribution in [3.05, 3.63) is 23.4 Å². The number of rotatable bonds is 2. The first kappa shape index (κ1) is 14.6. The Morgan fingerprint density at radius 2 is 2.00 bits per heavy atom. The first-order chi connectivity index (χ1) is 10.1.